The van der Waals surface area contributed by atoms with Gasteiger partial charge in [-0.05, 0) is 72.8 Å². The zero-order chi connectivity index (χ0) is 19.7. The maximum atomic E-state index is 13.0. The predicted molar refractivity (Wildman–Crippen MR) is 112 cm³/mol. The summed E-state index contributed by atoms with van der Waals surface area (Å²) in [7, 11) is 0. The molecule has 146 valence electrons. The van der Waals surface area contributed by atoms with Gasteiger partial charge in [-0.25, -0.2) is 0 Å². The number of fused-ring (bicyclic) bond motifs is 1. The van der Waals surface area contributed by atoms with Crippen molar-refractivity contribution in [3.8, 4) is 0 Å². The van der Waals surface area contributed by atoms with E-state index in [-0.39, 0.29) is 24.1 Å². The van der Waals surface area contributed by atoms with Crippen molar-refractivity contribution in [3.63, 3.8) is 0 Å². The van der Waals surface area contributed by atoms with Crippen molar-refractivity contribution >= 4 is 28.1 Å². The standard InChI is InChI=1S/C22H24N2O3S/c1-14-9-16-11-17(21(25)23-19(16)10-15(14)2)12-24(13-18-5-3-7-27-18)22(26)20-6-4-8-28-20/h4,6,8-11,18H,3,5,7,12-13H2,1-2H3,(H,23,25)/t18-/m0/s1. The number of hydrogen-bond donors (Lipinski definition) is 1. The minimum Gasteiger partial charge on any atom is -0.376 e. The van der Waals surface area contributed by atoms with Gasteiger partial charge in [0, 0.05) is 24.2 Å². The highest BCUT2D eigenvalue weighted by Crippen LogP contribution is 2.21. The molecule has 0 aliphatic carbocycles. The zero-order valence-electron chi connectivity index (χ0n) is 16.2. The van der Waals surface area contributed by atoms with Gasteiger partial charge in [-0.2, -0.15) is 0 Å². The summed E-state index contributed by atoms with van der Waals surface area (Å²) in [4.78, 5) is 31.1. The molecule has 1 atom stereocenters. The van der Waals surface area contributed by atoms with Gasteiger partial charge in [0.25, 0.3) is 11.5 Å². The number of hydrogen-bond acceptors (Lipinski definition) is 4. The second kappa shape index (κ2) is 7.89. The Morgan fingerprint density at radius 3 is 2.82 bits per heavy atom. The average Bonchev–Trinajstić information content (AvgIpc) is 3.37. The molecule has 0 radical (unpaired) electrons. The summed E-state index contributed by atoms with van der Waals surface area (Å²) in [6.45, 7) is 5.60. The number of ether oxygens (including phenoxy) is 1. The number of pyridine rings is 1. The Morgan fingerprint density at radius 1 is 1.29 bits per heavy atom. The van der Waals surface area contributed by atoms with Gasteiger partial charge in [-0.3, -0.25) is 9.59 Å². The first-order valence-electron chi connectivity index (χ1n) is 9.59. The van der Waals surface area contributed by atoms with Gasteiger partial charge in [-0.1, -0.05) is 6.07 Å². The number of aryl methyl sites for hydroxylation is 2. The zero-order valence-corrected chi connectivity index (χ0v) is 17.0. The van der Waals surface area contributed by atoms with Crippen LogP contribution in [0.5, 0.6) is 0 Å². The summed E-state index contributed by atoms with van der Waals surface area (Å²) in [5, 5.41) is 2.88. The molecule has 3 aromatic rings. The molecule has 2 aromatic heterocycles. The van der Waals surface area contributed by atoms with E-state index in [4.69, 9.17) is 4.74 Å². The summed E-state index contributed by atoms with van der Waals surface area (Å²) in [6.07, 6.45) is 2.00. The highest BCUT2D eigenvalue weighted by Gasteiger charge is 2.25. The summed E-state index contributed by atoms with van der Waals surface area (Å²) < 4.78 is 5.74. The quantitative estimate of drug-likeness (QED) is 0.708. The van der Waals surface area contributed by atoms with Crippen LogP contribution in [-0.2, 0) is 11.3 Å². The van der Waals surface area contributed by atoms with Crippen molar-refractivity contribution < 1.29 is 9.53 Å². The fourth-order valence-electron chi connectivity index (χ4n) is 3.65. The number of benzene rings is 1. The van der Waals surface area contributed by atoms with E-state index in [2.05, 4.69) is 18.0 Å². The molecule has 28 heavy (non-hydrogen) atoms. The number of nitrogens with zero attached hydrogens (tertiary/aromatic N) is 1. The van der Waals surface area contributed by atoms with E-state index in [9.17, 15) is 9.59 Å². The third-order valence-electron chi connectivity index (χ3n) is 5.36. The van der Waals surface area contributed by atoms with Crippen molar-refractivity contribution in [2.45, 2.75) is 39.3 Å². The van der Waals surface area contributed by atoms with E-state index in [1.807, 2.05) is 36.6 Å². The van der Waals surface area contributed by atoms with Gasteiger partial charge in [0.1, 0.15) is 0 Å². The second-order valence-corrected chi connectivity index (χ2v) is 8.39. The van der Waals surface area contributed by atoms with E-state index < -0.39 is 0 Å². The van der Waals surface area contributed by atoms with Gasteiger partial charge in [0.15, 0.2) is 0 Å². The number of amides is 1. The Labute approximate surface area is 168 Å². The normalized spacial score (nSPS) is 16.6. The number of nitrogens with one attached hydrogen (secondary N) is 1. The van der Waals surface area contributed by atoms with Crippen LogP contribution in [0.15, 0.2) is 40.5 Å². The van der Waals surface area contributed by atoms with Crippen LogP contribution in [0, 0.1) is 13.8 Å². The summed E-state index contributed by atoms with van der Waals surface area (Å²) in [5.41, 5.74) is 3.60. The van der Waals surface area contributed by atoms with E-state index in [0.717, 1.165) is 35.9 Å². The van der Waals surface area contributed by atoms with E-state index in [1.54, 1.807) is 4.90 Å². The molecule has 0 spiro atoms. The SMILES string of the molecule is Cc1cc2cc(CN(C[C@@H]3CCCO3)C(=O)c3cccs3)c(=O)[nH]c2cc1C. The van der Waals surface area contributed by atoms with Gasteiger partial charge < -0.3 is 14.6 Å². The molecule has 0 unspecified atom stereocenters. The number of H-pyrrole nitrogens is 1. The Bertz CT molecular complexity index is 1050. The van der Waals surface area contributed by atoms with Crippen LogP contribution < -0.4 is 5.56 Å². The van der Waals surface area contributed by atoms with Crippen molar-refractivity contribution in [3.05, 3.63) is 67.6 Å². The first-order valence-corrected chi connectivity index (χ1v) is 10.5. The van der Waals surface area contributed by atoms with Crippen molar-refractivity contribution in [1.29, 1.82) is 0 Å². The average molecular weight is 397 g/mol. The lowest BCUT2D eigenvalue weighted by Gasteiger charge is -2.25. The Kier molecular flexibility index (Phi) is 5.33. The highest BCUT2D eigenvalue weighted by molar-refractivity contribution is 7.12. The van der Waals surface area contributed by atoms with Gasteiger partial charge in [0.2, 0.25) is 0 Å². The third kappa shape index (κ3) is 3.88. The molecule has 1 aliphatic rings. The minimum atomic E-state index is -0.146. The lowest BCUT2D eigenvalue weighted by Crippen LogP contribution is -2.38. The van der Waals surface area contributed by atoms with Crippen LogP contribution in [0.4, 0.5) is 0 Å². The monoisotopic (exact) mass is 396 g/mol. The number of thiophene rings is 1. The molecule has 0 saturated carbocycles. The minimum absolute atomic E-state index is 0.0355. The first kappa shape index (κ1) is 18.9. The molecule has 0 bridgehead atoms. The van der Waals surface area contributed by atoms with Crippen LogP contribution in [-0.4, -0.2) is 35.0 Å². The molecule has 6 heteroatoms. The molecule has 4 rings (SSSR count). The number of aromatic amines is 1. The maximum absolute atomic E-state index is 13.0. The van der Waals surface area contributed by atoms with Crippen molar-refractivity contribution in [2.24, 2.45) is 0 Å². The Morgan fingerprint density at radius 2 is 2.11 bits per heavy atom. The number of carbonyl (C=O) groups is 1. The first-order chi connectivity index (χ1) is 13.5. The van der Waals surface area contributed by atoms with E-state index >= 15 is 0 Å². The van der Waals surface area contributed by atoms with Crippen LogP contribution in [0.25, 0.3) is 10.9 Å². The fraction of sp³-hybridized carbons (Fsp3) is 0.364. The van der Waals surface area contributed by atoms with Gasteiger partial charge in [-0.15, -0.1) is 11.3 Å². The predicted octanol–water partition coefficient (Wildman–Crippen LogP) is 4.03. The molecule has 1 N–H and O–H groups in total. The van der Waals surface area contributed by atoms with Crippen molar-refractivity contribution in [2.75, 3.05) is 13.2 Å². The van der Waals surface area contributed by atoms with Crippen LogP contribution in [0.2, 0.25) is 0 Å². The lowest BCUT2D eigenvalue weighted by atomic mass is 10.0. The van der Waals surface area contributed by atoms with E-state index in [0.29, 0.717) is 17.0 Å². The molecule has 1 saturated heterocycles. The molecular weight excluding hydrogens is 372 g/mol. The van der Waals surface area contributed by atoms with Gasteiger partial charge in [0.05, 0.1) is 17.5 Å². The highest BCUT2D eigenvalue weighted by atomic mass is 32.1. The van der Waals surface area contributed by atoms with E-state index in [1.165, 1.54) is 16.9 Å². The molecule has 3 heterocycles. The number of carbonyl (C=O) groups excluding carboxylic acids is 1. The Hall–Kier alpha value is -2.44. The smallest absolute Gasteiger partial charge is 0.264 e. The topological polar surface area (TPSA) is 62.4 Å². The van der Waals surface area contributed by atoms with Crippen LogP contribution in [0.1, 0.15) is 39.2 Å². The van der Waals surface area contributed by atoms with Gasteiger partial charge >= 0.3 is 0 Å². The summed E-state index contributed by atoms with van der Waals surface area (Å²) in [6, 6.07) is 9.68. The third-order valence-corrected chi connectivity index (χ3v) is 6.22. The van der Waals surface area contributed by atoms with Crippen LogP contribution in [0.3, 0.4) is 0 Å². The second-order valence-electron chi connectivity index (χ2n) is 7.45. The Balaban J connectivity index is 1.67. The summed E-state index contributed by atoms with van der Waals surface area (Å²) in [5.74, 6) is -0.0508. The number of aromatic nitrogens is 1. The molecule has 5 nitrogen and oxygen atoms in total. The molecule has 1 aromatic carbocycles. The van der Waals surface area contributed by atoms with Crippen LogP contribution >= 0.6 is 11.3 Å². The molecule has 1 fully saturated rings. The fourth-order valence-corrected chi connectivity index (χ4v) is 4.35. The van der Waals surface area contributed by atoms with Crippen molar-refractivity contribution in [1.82, 2.24) is 9.88 Å². The number of rotatable bonds is 5. The largest absolute Gasteiger partial charge is 0.376 e. The summed E-state index contributed by atoms with van der Waals surface area (Å²) >= 11 is 1.42. The maximum Gasteiger partial charge on any atom is 0.264 e. The lowest BCUT2D eigenvalue weighted by molar-refractivity contribution is 0.0510. The molecule has 1 aliphatic heterocycles. The molecule has 1 amide bonds. The molecular formula is C22H24N2O3S.